The average Bonchev–Trinajstić information content (AvgIpc) is 3.07. The molecular formula is C25H26ClN3O5. The van der Waals surface area contributed by atoms with Crippen LogP contribution in [0.15, 0.2) is 53.2 Å². The summed E-state index contributed by atoms with van der Waals surface area (Å²) in [5, 5.41) is 5.63. The van der Waals surface area contributed by atoms with Gasteiger partial charge in [-0.15, -0.1) is 0 Å². The Morgan fingerprint density at radius 2 is 1.76 bits per heavy atom. The zero-order chi connectivity index (χ0) is 24.2. The lowest BCUT2D eigenvalue weighted by atomic mass is 9.94. The van der Waals surface area contributed by atoms with Gasteiger partial charge in [-0.3, -0.25) is 19.3 Å². The van der Waals surface area contributed by atoms with E-state index in [4.69, 9.17) is 21.1 Å². The Kier molecular flexibility index (Phi) is 7.07. The van der Waals surface area contributed by atoms with Crippen LogP contribution in [0.3, 0.4) is 0 Å². The fourth-order valence-electron chi connectivity index (χ4n) is 4.28. The molecule has 1 aliphatic carbocycles. The number of amides is 3. The van der Waals surface area contributed by atoms with Gasteiger partial charge >= 0.3 is 0 Å². The van der Waals surface area contributed by atoms with Crippen LogP contribution in [0, 0.1) is 0 Å². The van der Waals surface area contributed by atoms with Gasteiger partial charge in [0.1, 0.15) is 22.2 Å². The maximum absolute atomic E-state index is 13.0. The van der Waals surface area contributed by atoms with Crippen molar-refractivity contribution in [2.45, 2.75) is 38.1 Å². The van der Waals surface area contributed by atoms with E-state index in [0.717, 1.165) is 32.1 Å². The summed E-state index contributed by atoms with van der Waals surface area (Å²) in [6.07, 6.45) is 4.66. The number of methoxy groups -OCH3 is 2. The van der Waals surface area contributed by atoms with Crippen molar-refractivity contribution in [1.82, 2.24) is 4.90 Å². The molecule has 0 saturated heterocycles. The van der Waals surface area contributed by atoms with E-state index in [1.807, 2.05) is 0 Å². The Morgan fingerprint density at radius 3 is 2.47 bits per heavy atom. The number of rotatable bonds is 7. The van der Waals surface area contributed by atoms with Crippen LogP contribution in [-0.4, -0.2) is 42.9 Å². The first-order chi connectivity index (χ1) is 16.4. The lowest BCUT2D eigenvalue weighted by molar-refractivity contribution is -0.140. The molecule has 0 bridgehead atoms. The Labute approximate surface area is 202 Å². The Morgan fingerprint density at radius 1 is 1.00 bits per heavy atom. The van der Waals surface area contributed by atoms with E-state index in [9.17, 15) is 14.4 Å². The number of carbonyl (C=O) groups excluding carboxylic acids is 3. The van der Waals surface area contributed by atoms with Crippen LogP contribution in [0.4, 0.5) is 11.4 Å². The molecule has 1 aliphatic heterocycles. The van der Waals surface area contributed by atoms with E-state index in [1.54, 1.807) is 49.6 Å². The number of hydrogen-bond acceptors (Lipinski definition) is 6. The molecule has 2 aromatic rings. The second-order valence-electron chi connectivity index (χ2n) is 8.19. The number of halogens is 1. The number of hydrogen-bond donors (Lipinski definition) is 2. The van der Waals surface area contributed by atoms with Crippen molar-refractivity contribution >= 4 is 40.7 Å². The minimum atomic E-state index is -0.471. The number of benzene rings is 2. The molecule has 2 N–H and O–H groups in total. The molecule has 3 amide bonds. The first-order valence-electron chi connectivity index (χ1n) is 11.1. The number of nitrogens with zero attached hydrogens (tertiary/aromatic N) is 1. The molecule has 9 heteroatoms. The maximum atomic E-state index is 13.0. The van der Waals surface area contributed by atoms with Gasteiger partial charge in [0.05, 0.1) is 19.9 Å². The molecule has 0 unspecified atom stereocenters. The summed E-state index contributed by atoms with van der Waals surface area (Å²) in [6, 6.07) is 11.5. The third-order valence-corrected chi connectivity index (χ3v) is 6.40. The quantitative estimate of drug-likeness (QED) is 0.562. The van der Waals surface area contributed by atoms with Crippen LogP contribution in [0.5, 0.6) is 11.5 Å². The third-order valence-electron chi connectivity index (χ3n) is 6.05. The minimum Gasteiger partial charge on any atom is -0.497 e. The lowest BCUT2D eigenvalue weighted by Gasteiger charge is -2.29. The van der Waals surface area contributed by atoms with Crippen molar-refractivity contribution in [2.75, 3.05) is 24.9 Å². The number of ether oxygens (including phenoxy) is 2. The van der Waals surface area contributed by atoms with Gasteiger partial charge in [0.25, 0.3) is 17.7 Å². The van der Waals surface area contributed by atoms with Crippen molar-refractivity contribution in [3.05, 3.63) is 58.8 Å². The third kappa shape index (κ3) is 4.72. The van der Waals surface area contributed by atoms with Crippen molar-refractivity contribution in [1.29, 1.82) is 0 Å². The predicted molar refractivity (Wildman–Crippen MR) is 129 cm³/mol. The number of anilines is 2. The van der Waals surface area contributed by atoms with Crippen molar-refractivity contribution in [2.24, 2.45) is 0 Å². The number of carbonyl (C=O) groups is 3. The maximum Gasteiger partial charge on any atom is 0.279 e. The van der Waals surface area contributed by atoms with Crippen molar-refractivity contribution in [3.63, 3.8) is 0 Å². The summed E-state index contributed by atoms with van der Waals surface area (Å²) in [6.45, 7) is 0. The molecule has 178 valence electrons. The van der Waals surface area contributed by atoms with Crippen molar-refractivity contribution < 1.29 is 23.9 Å². The van der Waals surface area contributed by atoms with E-state index in [0.29, 0.717) is 28.4 Å². The van der Waals surface area contributed by atoms with Gasteiger partial charge < -0.3 is 20.1 Å². The molecule has 2 aromatic carbocycles. The van der Waals surface area contributed by atoms with Gasteiger partial charge in [-0.1, -0.05) is 36.9 Å². The predicted octanol–water partition coefficient (Wildman–Crippen LogP) is 4.52. The van der Waals surface area contributed by atoms with Gasteiger partial charge in [-0.25, -0.2) is 0 Å². The molecule has 0 spiro atoms. The van der Waals surface area contributed by atoms with Gasteiger partial charge in [-0.05, 0) is 43.2 Å². The number of imide groups is 1. The molecule has 8 nitrogen and oxygen atoms in total. The molecule has 0 radical (unpaired) electrons. The SMILES string of the molecule is COc1ccc(NC(=O)c2cccc(NC3=C(Cl)C(=O)N(C4CCCCC4)C3=O)c2)c(OC)c1. The molecular weight excluding hydrogens is 458 g/mol. The topological polar surface area (TPSA) is 97.0 Å². The normalized spacial score (nSPS) is 16.6. The number of nitrogens with one attached hydrogen (secondary N) is 2. The molecule has 0 atom stereocenters. The van der Waals surface area contributed by atoms with Gasteiger partial charge in [0.15, 0.2) is 0 Å². The van der Waals surface area contributed by atoms with E-state index in [-0.39, 0.29) is 22.7 Å². The fourth-order valence-corrected chi connectivity index (χ4v) is 4.50. The average molecular weight is 484 g/mol. The molecule has 2 aliphatic rings. The van der Waals surface area contributed by atoms with Crippen LogP contribution >= 0.6 is 11.6 Å². The van der Waals surface area contributed by atoms with Gasteiger partial charge in [-0.2, -0.15) is 0 Å². The van der Waals surface area contributed by atoms with Crippen molar-refractivity contribution in [3.8, 4) is 11.5 Å². The monoisotopic (exact) mass is 483 g/mol. The molecule has 1 saturated carbocycles. The first-order valence-corrected chi connectivity index (χ1v) is 11.5. The van der Waals surface area contributed by atoms with Crippen LogP contribution in [0.25, 0.3) is 0 Å². The summed E-state index contributed by atoms with van der Waals surface area (Å²) in [5.74, 6) is -0.216. The van der Waals surface area contributed by atoms with E-state index < -0.39 is 11.8 Å². The highest BCUT2D eigenvalue weighted by Gasteiger charge is 2.42. The molecule has 34 heavy (non-hydrogen) atoms. The summed E-state index contributed by atoms with van der Waals surface area (Å²) in [5.41, 5.74) is 1.33. The summed E-state index contributed by atoms with van der Waals surface area (Å²) >= 11 is 6.26. The zero-order valence-corrected chi connectivity index (χ0v) is 19.8. The Hall–Kier alpha value is -3.52. The Bertz CT molecular complexity index is 1160. The molecule has 0 aromatic heterocycles. The minimum absolute atomic E-state index is 0.0339. The van der Waals surface area contributed by atoms with Gasteiger partial charge in [0.2, 0.25) is 0 Å². The van der Waals surface area contributed by atoms with E-state index in [1.165, 1.54) is 12.0 Å². The summed E-state index contributed by atoms with van der Waals surface area (Å²) < 4.78 is 10.5. The van der Waals surface area contributed by atoms with Crippen LogP contribution in [0.2, 0.25) is 0 Å². The second kappa shape index (κ2) is 10.2. The Balaban J connectivity index is 1.50. The van der Waals surface area contributed by atoms with Crippen LogP contribution in [0.1, 0.15) is 42.5 Å². The summed E-state index contributed by atoms with van der Waals surface area (Å²) in [7, 11) is 3.05. The van der Waals surface area contributed by atoms with Crippen LogP contribution in [-0.2, 0) is 9.59 Å². The van der Waals surface area contributed by atoms with Crippen LogP contribution < -0.4 is 20.1 Å². The molecule has 1 heterocycles. The van der Waals surface area contributed by atoms with Gasteiger partial charge in [0, 0.05) is 23.4 Å². The van der Waals surface area contributed by atoms with E-state index in [2.05, 4.69) is 10.6 Å². The highest BCUT2D eigenvalue weighted by molar-refractivity contribution is 6.48. The second-order valence-corrected chi connectivity index (χ2v) is 8.57. The standard InChI is InChI=1S/C25H26ClN3O5/c1-33-18-11-12-19(20(14-18)34-2)28-23(30)15-7-6-8-16(13-15)27-22-21(26)24(31)29(25(22)32)17-9-4-3-5-10-17/h6-8,11-14,17,27H,3-5,9-10H2,1-2H3,(H,28,30). The highest BCUT2D eigenvalue weighted by atomic mass is 35.5. The zero-order valence-electron chi connectivity index (χ0n) is 19.0. The smallest absolute Gasteiger partial charge is 0.279 e. The molecule has 4 rings (SSSR count). The van der Waals surface area contributed by atoms with E-state index >= 15 is 0 Å². The first kappa shape index (κ1) is 23.6. The molecule has 1 fully saturated rings. The largest absolute Gasteiger partial charge is 0.497 e. The fraction of sp³-hybridized carbons (Fsp3) is 0.320. The lowest BCUT2D eigenvalue weighted by Crippen LogP contribution is -2.42. The summed E-state index contributed by atoms with van der Waals surface area (Å²) in [4.78, 5) is 39.8. The highest BCUT2D eigenvalue weighted by Crippen LogP contribution is 2.33.